The van der Waals surface area contributed by atoms with E-state index in [4.69, 9.17) is 5.73 Å². The molecule has 2 aromatic rings. The second-order valence-corrected chi connectivity index (χ2v) is 8.05. The standard InChI is InChI=1S/C22H31N3O/c1-16(17-10-8-7-9-11-17)25(21(26)22(2,3)4)15-18-14-19(23)12-13-20(18)24(5)6/h7-14,16H,15,23H2,1-6H3/t16-/m1/s1. The van der Waals surface area contributed by atoms with Crippen molar-refractivity contribution < 1.29 is 4.79 Å². The number of nitrogens with two attached hydrogens (primary N) is 1. The first-order chi connectivity index (χ1) is 12.1. The van der Waals surface area contributed by atoms with Gasteiger partial charge in [-0.2, -0.15) is 0 Å². The minimum Gasteiger partial charge on any atom is -0.399 e. The number of nitrogen functional groups attached to an aromatic ring is 1. The van der Waals surface area contributed by atoms with Crippen LogP contribution >= 0.6 is 0 Å². The highest BCUT2D eigenvalue weighted by molar-refractivity contribution is 5.82. The normalized spacial score (nSPS) is 12.5. The van der Waals surface area contributed by atoms with Gasteiger partial charge in [0, 0.05) is 37.4 Å². The van der Waals surface area contributed by atoms with Gasteiger partial charge in [-0.1, -0.05) is 51.1 Å². The van der Waals surface area contributed by atoms with Gasteiger partial charge < -0.3 is 15.5 Å². The third-order valence-electron chi connectivity index (χ3n) is 4.58. The van der Waals surface area contributed by atoms with Crippen LogP contribution in [0.3, 0.4) is 0 Å². The summed E-state index contributed by atoms with van der Waals surface area (Å²) in [5.41, 5.74) is 9.54. The van der Waals surface area contributed by atoms with Crippen LogP contribution in [-0.4, -0.2) is 24.9 Å². The van der Waals surface area contributed by atoms with E-state index in [0.717, 1.165) is 16.8 Å². The molecule has 0 aliphatic heterocycles. The van der Waals surface area contributed by atoms with Crippen LogP contribution in [0.4, 0.5) is 11.4 Å². The molecule has 0 aliphatic carbocycles. The van der Waals surface area contributed by atoms with Gasteiger partial charge in [-0.25, -0.2) is 0 Å². The van der Waals surface area contributed by atoms with E-state index in [1.54, 1.807) is 0 Å². The smallest absolute Gasteiger partial charge is 0.228 e. The molecule has 26 heavy (non-hydrogen) atoms. The van der Waals surface area contributed by atoms with E-state index in [-0.39, 0.29) is 11.9 Å². The van der Waals surface area contributed by atoms with Gasteiger partial charge in [-0.3, -0.25) is 4.79 Å². The Hall–Kier alpha value is -2.49. The van der Waals surface area contributed by atoms with Crippen molar-refractivity contribution in [2.24, 2.45) is 5.41 Å². The molecular weight excluding hydrogens is 322 g/mol. The van der Waals surface area contributed by atoms with Crippen LogP contribution < -0.4 is 10.6 Å². The lowest BCUT2D eigenvalue weighted by Crippen LogP contribution is -2.40. The number of hydrogen-bond acceptors (Lipinski definition) is 3. The van der Waals surface area contributed by atoms with Gasteiger partial charge in [0.1, 0.15) is 0 Å². The molecule has 0 heterocycles. The molecule has 0 spiro atoms. The molecule has 0 aromatic heterocycles. The molecule has 2 N–H and O–H groups in total. The molecule has 0 saturated carbocycles. The predicted octanol–water partition coefficient (Wildman–Crippen LogP) is 4.47. The highest BCUT2D eigenvalue weighted by atomic mass is 16.2. The number of carbonyl (C=O) groups is 1. The summed E-state index contributed by atoms with van der Waals surface area (Å²) in [6, 6.07) is 16.0. The Morgan fingerprint density at radius 2 is 1.69 bits per heavy atom. The summed E-state index contributed by atoms with van der Waals surface area (Å²) in [5, 5.41) is 0. The number of benzene rings is 2. The second kappa shape index (κ2) is 7.81. The van der Waals surface area contributed by atoms with Crippen LogP contribution in [-0.2, 0) is 11.3 Å². The van der Waals surface area contributed by atoms with Crippen molar-refractivity contribution in [1.29, 1.82) is 0 Å². The van der Waals surface area contributed by atoms with Gasteiger partial charge in [0.15, 0.2) is 0 Å². The highest BCUT2D eigenvalue weighted by Gasteiger charge is 2.31. The molecule has 140 valence electrons. The first-order valence-electron chi connectivity index (χ1n) is 9.03. The molecule has 0 aliphatic rings. The van der Waals surface area contributed by atoms with Gasteiger partial charge in [0.2, 0.25) is 5.91 Å². The fraction of sp³-hybridized carbons (Fsp3) is 0.409. The average Bonchev–Trinajstić information content (AvgIpc) is 2.58. The summed E-state index contributed by atoms with van der Waals surface area (Å²) in [4.78, 5) is 17.2. The maximum absolute atomic E-state index is 13.2. The fourth-order valence-electron chi connectivity index (χ4n) is 3.08. The monoisotopic (exact) mass is 353 g/mol. The predicted molar refractivity (Wildman–Crippen MR) is 110 cm³/mol. The van der Waals surface area contributed by atoms with Gasteiger partial charge in [-0.05, 0) is 36.2 Å². The highest BCUT2D eigenvalue weighted by Crippen LogP contribution is 2.31. The number of hydrogen-bond donors (Lipinski definition) is 1. The maximum atomic E-state index is 13.2. The summed E-state index contributed by atoms with van der Waals surface area (Å²) in [6.07, 6.45) is 0. The van der Waals surface area contributed by atoms with Crippen LogP contribution in [0, 0.1) is 5.41 Å². The molecule has 4 heteroatoms. The number of rotatable bonds is 5. The average molecular weight is 354 g/mol. The third-order valence-corrected chi connectivity index (χ3v) is 4.58. The number of amides is 1. The third kappa shape index (κ3) is 4.57. The molecule has 2 rings (SSSR count). The molecule has 1 amide bonds. The molecule has 0 fully saturated rings. The fourth-order valence-corrected chi connectivity index (χ4v) is 3.08. The zero-order valence-corrected chi connectivity index (χ0v) is 16.8. The van der Waals surface area contributed by atoms with Crippen molar-refractivity contribution in [3.8, 4) is 0 Å². The second-order valence-electron chi connectivity index (χ2n) is 8.05. The van der Waals surface area contributed by atoms with E-state index < -0.39 is 5.41 Å². The largest absolute Gasteiger partial charge is 0.399 e. The Balaban J connectivity index is 2.46. The van der Waals surface area contributed by atoms with E-state index in [1.165, 1.54) is 0 Å². The number of carbonyl (C=O) groups excluding carboxylic acids is 1. The lowest BCUT2D eigenvalue weighted by Gasteiger charge is -2.35. The molecule has 0 saturated heterocycles. The Kier molecular flexibility index (Phi) is 5.96. The molecule has 0 bridgehead atoms. The topological polar surface area (TPSA) is 49.6 Å². The summed E-state index contributed by atoms with van der Waals surface area (Å²) >= 11 is 0. The minimum absolute atomic E-state index is 0.0284. The van der Waals surface area contributed by atoms with Crippen molar-refractivity contribution in [3.05, 3.63) is 59.7 Å². The first kappa shape index (κ1) is 19.8. The van der Waals surface area contributed by atoms with Crippen molar-refractivity contribution in [3.63, 3.8) is 0 Å². The molecular formula is C22H31N3O. The van der Waals surface area contributed by atoms with Crippen LogP contribution in [0.2, 0.25) is 0 Å². The van der Waals surface area contributed by atoms with E-state index in [9.17, 15) is 4.79 Å². The minimum atomic E-state index is -0.457. The maximum Gasteiger partial charge on any atom is 0.228 e. The summed E-state index contributed by atoms with van der Waals surface area (Å²) in [5.74, 6) is 0.126. The van der Waals surface area contributed by atoms with Crippen molar-refractivity contribution in [1.82, 2.24) is 4.90 Å². The Morgan fingerprint density at radius 3 is 2.23 bits per heavy atom. The lowest BCUT2D eigenvalue weighted by atomic mass is 9.92. The quantitative estimate of drug-likeness (QED) is 0.807. The van der Waals surface area contributed by atoms with E-state index in [2.05, 4.69) is 24.0 Å². The molecule has 0 radical (unpaired) electrons. The Labute approximate surface area is 157 Å². The van der Waals surface area contributed by atoms with E-state index in [1.807, 2.05) is 76.2 Å². The van der Waals surface area contributed by atoms with Crippen LogP contribution in [0.1, 0.15) is 44.9 Å². The Morgan fingerprint density at radius 1 is 1.08 bits per heavy atom. The molecule has 1 atom stereocenters. The molecule has 0 unspecified atom stereocenters. The van der Waals surface area contributed by atoms with Gasteiger partial charge >= 0.3 is 0 Å². The van der Waals surface area contributed by atoms with Crippen molar-refractivity contribution in [2.45, 2.75) is 40.3 Å². The van der Waals surface area contributed by atoms with Crippen LogP contribution in [0.5, 0.6) is 0 Å². The van der Waals surface area contributed by atoms with E-state index >= 15 is 0 Å². The summed E-state index contributed by atoms with van der Waals surface area (Å²) in [6.45, 7) is 8.50. The molecule has 2 aromatic carbocycles. The van der Waals surface area contributed by atoms with Crippen LogP contribution in [0.15, 0.2) is 48.5 Å². The summed E-state index contributed by atoms with van der Waals surface area (Å²) < 4.78 is 0. The van der Waals surface area contributed by atoms with Crippen molar-refractivity contribution in [2.75, 3.05) is 24.7 Å². The van der Waals surface area contributed by atoms with Crippen molar-refractivity contribution >= 4 is 17.3 Å². The first-order valence-corrected chi connectivity index (χ1v) is 9.03. The summed E-state index contributed by atoms with van der Waals surface area (Å²) in [7, 11) is 4.01. The Bertz CT molecular complexity index is 748. The van der Waals surface area contributed by atoms with E-state index in [0.29, 0.717) is 12.2 Å². The zero-order valence-electron chi connectivity index (χ0n) is 16.8. The SMILES string of the molecule is C[C@H](c1ccccc1)N(Cc1cc(N)ccc1N(C)C)C(=O)C(C)(C)C. The van der Waals surface area contributed by atoms with Gasteiger partial charge in [0.05, 0.1) is 6.04 Å². The number of nitrogens with zero attached hydrogens (tertiary/aromatic N) is 2. The zero-order chi connectivity index (χ0) is 19.5. The number of anilines is 2. The molecule has 4 nitrogen and oxygen atoms in total. The van der Waals surface area contributed by atoms with Gasteiger partial charge in [0.25, 0.3) is 0 Å². The van der Waals surface area contributed by atoms with Gasteiger partial charge in [-0.15, -0.1) is 0 Å². The van der Waals surface area contributed by atoms with Crippen LogP contribution in [0.25, 0.3) is 0 Å². The lowest BCUT2D eigenvalue weighted by molar-refractivity contribution is -0.142.